The molecule has 0 radical (unpaired) electrons. The van der Waals surface area contributed by atoms with E-state index >= 15 is 0 Å². The molecule has 12 heteroatoms. The zero-order valence-electron chi connectivity index (χ0n) is 37.2. The van der Waals surface area contributed by atoms with Crippen LogP contribution in [0.4, 0.5) is 0 Å². The standard InChI is InChI=1S/C47H78N2O10/c1-8-38-42(54)41(53)30(5)49(22-10-13-36(51)43(27(2)24-28(3)45(56)58-38)59-39-14-9-12-29(4)57-39)23-11-21-48-44(55)35-18-17-34-33-16-15-31-25-32(50)19-20-46(31,6)40(33)37(52)26-47(34,35)7/h25,27-30,33-43,51-54H,8-24,26H2,1-7H3,(H,48,55)/t27-,28+,29?,30+,33?,34?,35+,36+,37-,38+,39?,40?,41+,42+,43+,46-,47-/m0/s1. The molecule has 0 aromatic heterocycles. The van der Waals surface area contributed by atoms with Crippen LogP contribution in [0.1, 0.15) is 145 Å². The predicted octanol–water partition coefficient (Wildman–Crippen LogP) is 5.46. The molecular weight excluding hydrogens is 753 g/mol. The van der Waals surface area contributed by atoms with Crippen LogP contribution < -0.4 is 5.32 Å². The summed E-state index contributed by atoms with van der Waals surface area (Å²) in [4.78, 5) is 41.8. The summed E-state index contributed by atoms with van der Waals surface area (Å²) in [7, 11) is 0. The molecule has 5 N–H and O–H groups in total. The number of amides is 1. The molecule has 17 atom stereocenters. The fourth-order valence-electron chi connectivity index (χ4n) is 12.9. The van der Waals surface area contributed by atoms with Crippen molar-refractivity contribution in [2.75, 3.05) is 19.6 Å². The summed E-state index contributed by atoms with van der Waals surface area (Å²) in [6.45, 7) is 15.5. The third-order valence-corrected chi connectivity index (χ3v) is 16.4. The molecular formula is C47H78N2O10. The molecule has 5 fully saturated rings. The number of cyclic esters (lactones) is 1. The van der Waals surface area contributed by atoms with E-state index in [1.165, 1.54) is 5.57 Å². The van der Waals surface area contributed by atoms with Crippen molar-refractivity contribution in [2.45, 2.75) is 200 Å². The van der Waals surface area contributed by atoms with Crippen LogP contribution in [-0.4, -0.2) is 118 Å². The normalized spacial score (nSPS) is 45.5. The summed E-state index contributed by atoms with van der Waals surface area (Å²) < 4.78 is 18.4. The Morgan fingerprint density at radius 2 is 1.71 bits per heavy atom. The first-order valence-electron chi connectivity index (χ1n) is 23.5. The first-order valence-corrected chi connectivity index (χ1v) is 23.5. The molecule has 4 aliphatic carbocycles. The molecule has 2 aliphatic heterocycles. The number of carbonyl (C=O) groups is 3. The molecule has 0 bridgehead atoms. The summed E-state index contributed by atoms with van der Waals surface area (Å²) >= 11 is 0. The summed E-state index contributed by atoms with van der Waals surface area (Å²) in [5, 5.41) is 49.6. The molecule has 6 aliphatic rings. The highest BCUT2D eigenvalue weighted by Crippen LogP contribution is 2.66. The van der Waals surface area contributed by atoms with Crippen molar-refractivity contribution in [2.24, 2.45) is 46.3 Å². The molecule has 5 unspecified atom stereocenters. The quantitative estimate of drug-likeness (QED) is 0.155. The lowest BCUT2D eigenvalue weighted by Gasteiger charge is -2.59. The van der Waals surface area contributed by atoms with Gasteiger partial charge in [0.25, 0.3) is 0 Å². The van der Waals surface area contributed by atoms with E-state index < -0.39 is 60.8 Å². The molecule has 2 saturated heterocycles. The minimum atomic E-state index is -1.29. The van der Waals surface area contributed by atoms with Crippen molar-refractivity contribution in [3.63, 3.8) is 0 Å². The maximum Gasteiger partial charge on any atom is 0.309 e. The molecule has 0 spiro atoms. The molecule has 336 valence electrons. The van der Waals surface area contributed by atoms with Crippen molar-refractivity contribution in [3.05, 3.63) is 11.6 Å². The molecule has 0 aromatic carbocycles. The number of aliphatic hydroxyl groups excluding tert-OH is 4. The molecule has 0 aromatic rings. The Morgan fingerprint density at radius 1 is 0.949 bits per heavy atom. The number of carbonyl (C=O) groups excluding carboxylic acids is 3. The van der Waals surface area contributed by atoms with Gasteiger partial charge in [0, 0.05) is 31.5 Å². The Labute approximate surface area is 353 Å². The lowest BCUT2D eigenvalue weighted by atomic mass is 9.46. The van der Waals surface area contributed by atoms with Crippen LogP contribution in [0.5, 0.6) is 0 Å². The van der Waals surface area contributed by atoms with Gasteiger partial charge in [-0.3, -0.25) is 19.3 Å². The third-order valence-electron chi connectivity index (χ3n) is 16.4. The van der Waals surface area contributed by atoms with Crippen LogP contribution in [0.2, 0.25) is 0 Å². The number of ether oxygens (including phenoxy) is 3. The van der Waals surface area contributed by atoms with Gasteiger partial charge in [0.2, 0.25) is 5.91 Å². The van der Waals surface area contributed by atoms with Crippen molar-refractivity contribution in [1.82, 2.24) is 10.2 Å². The Balaban J connectivity index is 1.09. The second kappa shape index (κ2) is 19.6. The Morgan fingerprint density at radius 3 is 2.44 bits per heavy atom. The predicted molar refractivity (Wildman–Crippen MR) is 224 cm³/mol. The summed E-state index contributed by atoms with van der Waals surface area (Å²) in [5.74, 6) is -0.281. The van der Waals surface area contributed by atoms with Gasteiger partial charge in [0.05, 0.1) is 36.4 Å². The average molecular weight is 831 g/mol. The van der Waals surface area contributed by atoms with Crippen LogP contribution in [0, 0.1) is 46.3 Å². The molecule has 6 rings (SSSR count). The van der Waals surface area contributed by atoms with Crippen molar-refractivity contribution >= 4 is 17.7 Å². The summed E-state index contributed by atoms with van der Waals surface area (Å²) in [6, 6.07) is -0.502. The van der Waals surface area contributed by atoms with Gasteiger partial charge in [-0.15, -0.1) is 0 Å². The number of ketones is 1. The SMILES string of the molecule is CC[C@H]1OC(=O)[C@H](C)C[C@H](C)[C@@H](OC2CCCC(C)O2)[C@H](O)CCCN(CCCNC(=O)[C@H]2CCC3C4CCC5=CC(=O)CC[C@]5(C)C4[C@@H](O)C[C@@]32C)[C@H](C)[C@@H](O)[C@@H]1O. The zero-order valence-corrected chi connectivity index (χ0v) is 37.2. The van der Waals surface area contributed by atoms with Gasteiger partial charge in [-0.25, -0.2) is 0 Å². The van der Waals surface area contributed by atoms with Gasteiger partial charge in [-0.05, 0) is 151 Å². The fourth-order valence-corrected chi connectivity index (χ4v) is 12.9. The number of allylic oxidation sites excluding steroid dienone is 1. The minimum Gasteiger partial charge on any atom is -0.459 e. The largest absolute Gasteiger partial charge is 0.459 e. The van der Waals surface area contributed by atoms with Gasteiger partial charge < -0.3 is 40.0 Å². The third kappa shape index (κ3) is 9.99. The van der Waals surface area contributed by atoms with Crippen LogP contribution in [0.25, 0.3) is 0 Å². The van der Waals surface area contributed by atoms with Crippen molar-refractivity contribution in [3.8, 4) is 0 Å². The number of nitrogens with zero attached hydrogens (tertiary/aromatic N) is 1. The van der Waals surface area contributed by atoms with E-state index in [0.717, 1.165) is 51.4 Å². The lowest BCUT2D eigenvalue weighted by molar-refractivity contribution is -0.236. The Bertz CT molecular complexity index is 1490. The first-order chi connectivity index (χ1) is 28.0. The molecule has 2 heterocycles. The topological polar surface area (TPSA) is 175 Å². The Hall–Kier alpha value is -1.93. The van der Waals surface area contributed by atoms with Gasteiger partial charge in [0.1, 0.15) is 12.2 Å². The van der Waals surface area contributed by atoms with E-state index in [1.807, 2.05) is 33.8 Å². The van der Waals surface area contributed by atoms with E-state index in [1.54, 1.807) is 6.92 Å². The maximum atomic E-state index is 14.0. The molecule has 59 heavy (non-hydrogen) atoms. The number of aliphatic hydroxyl groups is 4. The second-order valence-corrected chi connectivity index (χ2v) is 20.3. The number of nitrogens with one attached hydrogen (secondary N) is 1. The highest BCUT2D eigenvalue weighted by molar-refractivity contribution is 5.91. The number of hydrogen-bond acceptors (Lipinski definition) is 11. The molecule has 1 amide bonds. The molecule has 3 saturated carbocycles. The number of hydrogen-bond donors (Lipinski definition) is 5. The highest BCUT2D eigenvalue weighted by atomic mass is 16.7. The van der Waals surface area contributed by atoms with Crippen LogP contribution >= 0.6 is 0 Å². The van der Waals surface area contributed by atoms with Crippen molar-refractivity contribution in [1.29, 1.82) is 0 Å². The minimum absolute atomic E-state index is 0.0357. The average Bonchev–Trinajstić information content (AvgIpc) is 3.54. The summed E-state index contributed by atoms with van der Waals surface area (Å²) in [6.07, 6.45) is 6.94. The maximum absolute atomic E-state index is 14.0. The number of fused-ring (bicyclic) bond motifs is 5. The van der Waals surface area contributed by atoms with E-state index in [4.69, 9.17) is 14.2 Å². The second-order valence-electron chi connectivity index (χ2n) is 20.3. The smallest absolute Gasteiger partial charge is 0.309 e. The van der Waals surface area contributed by atoms with Gasteiger partial charge in [-0.2, -0.15) is 0 Å². The van der Waals surface area contributed by atoms with Crippen LogP contribution in [0.15, 0.2) is 11.6 Å². The first kappa shape index (κ1) is 46.6. The number of rotatable bonds is 8. The van der Waals surface area contributed by atoms with Crippen LogP contribution in [0.3, 0.4) is 0 Å². The van der Waals surface area contributed by atoms with Crippen molar-refractivity contribution < 1.29 is 49.0 Å². The Kier molecular flexibility index (Phi) is 15.5. The zero-order chi connectivity index (χ0) is 42.8. The fraction of sp³-hybridized carbons (Fsp3) is 0.894. The van der Waals surface area contributed by atoms with Gasteiger partial charge in [-0.1, -0.05) is 40.2 Å². The van der Waals surface area contributed by atoms with E-state index in [9.17, 15) is 34.8 Å². The highest BCUT2D eigenvalue weighted by Gasteiger charge is 2.63. The van der Waals surface area contributed by atoms with E-state index in [0.29, 0.717) is 76.4 Å². The van der Waals surface area contributed by atoms with Crippen LogP contribution in [-0.2, 0) is 28.6 Å². The summed E-state index contributed by atoms with van der Waals surface area (Å²) in [5.41, 5.74) is 0.758. The monoisotopic (exact) mass is 831 g/mol. The van der Waals surface area contributed by atoms with Gasteiger partial charge >= 0.3 is 5.97 Å². The van der Waals surface area contributed by atoms with E-state index in [2.05, 4.69) is 24.1 Å². The number of esters is 1. The lowest BCUT2D eigenvalue weighted by Crippen LogP contribution is -2.57. The van der Waals surface area contributed by atoms with E-state index in [-0.39, 0.29) is 46.4 Å². The molecule has 12 nitrogen and oxygen atoms in total. The van der Waals surface area contributed by atoms with Gasteiger partial charge in [0.15, 0.2) is 12.1 Å².